The number of likely N-dealkylation sites (tertiary alicyclic amines) is 1. The second-order valence-electron chi connectivity index (χ2n) is 7.67. The minimum Gasteiger partial charge on any atom is -0.444 e. The molecule has 0 aliphatic carbocycles. The van der Waals surface area contributed by atoms with Crippen LogP contribution in [0.25, 0.3) is 10.2 Å². The summed E-state index contributed by atoms with van der Waals surface area (Å²) in [6.45, 7) is 5.82. The largest absolute Gasteiger partial charge is 0.444 e. The third-order valence-electron chi connectivity index (χ3n) is 4.30. The van der Waals surface area contributed by atoms with Gasteiger partial charge in [0.1, 0.15) is 10.6 Å². The maximum atomic E-state index is 13.4. The summed E-state index contributed by atoms with van der Waals surface area (Å²) in [4.78, 5) is 31.0. The highest BCUT2D eigenvalue weighted by atomic mass is 32.1. The number of thiazole rings is 1. The minimum absolute atomic E-state index is 0.0204. The number of hydrogen-bond acceptors (Lipinski definition) is 5. The number of carbonyl (C=O) groups is 2. The second kappa shape index (κ2) is 7.50. The number of carbonyl (C=O) groups excluding carboxylic acids is 2. The van der Waals surface area contributed by atoms with E-state index < -0.39 is 29.4 Å². The van der Waals surface area contributed by atoms with Crippen molar-refractivity contribution in [3.8, 4) is 0 Å². The number of fused-ring (bicyclic) bond motifs is 1. The normalized spacial score (nSPS) is 18.0. The van der Waals surface area contributed by atoms with Crippen molar-refractivity contribution in [2.75, 3.05) is 6.54 Å². The monoisotopic (exact) mass is 396 g/mol. The number of halogens is 2. The van der Waals surface area contributed by atoms with Gasteiger partial charge in [-0.25, -0.2) is 18.6 Å². The van der Waals surface area contributed by atoms with Crippen molar-refractivity contribution < 1.29 is 23.1 Å². The van der Waals surface area contributed by atoms with Gasteiger partial charge in [-0.05, 0) is 46.1 Å². The number of nitrogens with zero attached hydrogens (tertiary/aromatic N) is 2. The molecule has 1 aliphatic rings. The lowest BCUT2D eigenvalue weighted by molar-refractivity contribution is -0.124. The molecular formula is C19H22F2N2O3S. The van der Waals surface area contributed by atoms with Crippen LogP contribution in [0.4, 0.5) is 13.6 Å². The number of piperidine rings is 1. The third-order valence-corrected chi connectivity index (χ3v) is 5.32. The number of rotatable bonds is 3. The first-order valence-corrected chi connectivity index (χ1v) is 9.72. The van der Waals surface area contributed by atoms with Crippen LogP contribution < -0.4 is 0 Å². The summed E-state index contributed by atoms with van der Waals surface area (Å²) in [5.41, 5.74) is -0.308. The van der Waals surface area contributed by atoms with Gasteiger partial charge in [0.25, 0.3) is 0 Å². The van der Waals surface area contributed by atoms with Gasteiger partial charge >= 0.3 is 6.09 Å². The number of ketones is 1. The van der Waals surface area contributed by atoms with Crippen LogP contribution in [0.1, 0.15) is 45.0 Å². The molecule has 0 N–H and O–H groups in total. The summed E-state index contributed by atoms with van der Waals surface area (Å²) in [7, 11) is 0. The Morgan fingerprint density at radius 2 is 1.96 bits per heavy atom. The molecule has 0 spiro atoms. The molecule has 0 saturated carbocycles. The highest BCUT2D eigenvalue weighted by molar-refractivity contribution is 7.18. The van der Waals surface area contributed by atoms with Gasteiger partial charge in [0.15, 0.2) is 17.4 Å². The first-order valence-electron chi connectivity index (χ1n) is 8.91. The fraction of sp³-hybridized carbons (Fsp3) is 0.526. The maximum absolute atomic E-state index is 13.4. The van der Waals surface area contributed by atoms with Gasteiger partial charge in [-0.3, -0.25) is 9.69 Å². The van der Waals surface area contributed by atoms with Crippen LogP contribution in [0.3, 0.4) is 0 Å². The highest BCUT2D eigenvalue weighted by Crippen LogP contribution is 2.27. The highest BCUT2D eigenvalue weighted by Gasteiger charge is 2.34. The molecule has 2 heterocycles. The van der Waals surface area contributed by atoms with E-state index in [-0.39, 0.29) is 12.2 Å². The molecule has 1 saturated heterocycles. The molecule has 1 amide bonds. The predicted molar refractivity (Wildman–Crippen MR) is 98.8 cm³/mol. The van der Waals surface area contributed by atoms with E-state index in [2.05, 4.69) is 4.98 Å². The van der Waals surface area contributed by atoms with E-state index in [4.69, 9.17) is 4.74 Å². The van der Waals surface area contributed by atoms with Crippen molar-refractivity contribution in [1.82, 2.24) is 9.88 Å². The Kier molecular flexibility index (Phi) is 5.46. The molecule has 2 aromatic rings. The van der Waals surface area contributed by atoms with Gasteiger partial charge in [-0.2, -0.15) is 0 Å². The van der Waals surface area contributed by atoms with Crippen molar-refractivity contribution in [2.24, 2.45) is 0 Å². The zero-order chi connectivity index (χ0) is 19.8. The van der Waals surface area contributed by atoms with Gasteiger partial charge in [0.2, 0.25) is 0 Å². The van der Waals surface area contributed by atoms with Crippen LogP contribution in [0.5, 0.6) is 0 Å². The fourth-order valence-corrected chi connectivity index (χ4v) is 4.10. The average Bonchev–Trinajstić information content (AvgIpc) is 2.94. The smallest absolute Gasteiger partial charge is 0.410 e. The molecule has 0 radical (unpaired) electrons. The third kappa shape index (κ3) is 4.61. The lowest BCUT2D eigenvalue weighted by Gasteiger charge is -2.35. The van der Waals surface area contributed by atoms with Crippen molar-refractivity contribution in [2.45, 2.75) is 58.1 Å². The Labute approximate surface area is 160 Å². The van der Waals surface area contributed by atoms with Crippen molar-refractivity contribution in [1.29, 1.82) is 0 Å². The summed E-state index contributed by atoms with van der Waals surface area (Å²) in [5, 5.41) is 0.481. The van der Waals surface area contributed by atoms with Crippen LogP contribution in [-0.2, 0) is 16.0 Å². The average molecular weight is 396 g/mol. The van der Waals surface area contributed by atoms with Crippen molar-refractivity contribution in [3.63, 3.8) is 0 Å². The molecule has 1 aliphatic heterocycles. The van der Waals surface area contributed by atoms with E-state index in [9.17, 15) is 18.4 Å². The Bertz CT molecular complexity index is 837. The molecule has 1 aromatic carbocycles. The maximum Gasteiger partial charge on any atom is 0.410 e. The molecule has 27 heavy (non-hydrogen) atoms. The standard InChI is InChI=1S/C19H22F2N2O3S/c1-19(2,3)26-18(25)23-7-5-4-6-14(23)15(24)10-17-22-13-8-11(20)12(21)9-16(13)27-17/h8-9,14H,4-7,10H2,1-3H3/t14-/m0/s1. The van der Waals surface area contributed by atoms with Gasteiger partial charge < -0.3 is 4.74 Å². The lowest BCUT2D eigenvalue weighted by atomic mass is 9.97. The summed E-state index contributed by atoms with van der Waals surface area (Å²) >= 11 is 1.16. The quantitative estimate of drug-likeness (QED) is 0.768. The molecular weight excluding hydrogens is 374 g/mol. The Hall–Kier alpha value is -2.09. The molecule has 0 unspecified atom stereocenters. The van der Waals surface area contributed by atoms with Gasteiger partial charge in [0, 0.05) is 12.6 Å². The van der Waals surface area contributed by atoms with E-state index in [1.54, 1.807) is 20.8 Å². The summed E-state index contributed by atoms with van der Waals surface area (Å²) in [6, 6.07) is 1.56. The van der Waals surface area contributed by atoms with Gasteiger partial charge in [-0.1, -0.05) is 0 Å². The van der Waals surface area contributed by atoms with Crippen molar-refractivity contribution >= 4 is 33.4 Å². The minimum atomic E-state index is -0.964. The first-order chi connectivity index (χ1) is 12.6. The molecule has 3 rings (SSSR count). The van der Waals surface area contributed by atoms with E-state index in [0.717, 1.165) is 36.3 Å². The topological polar surface area (TPSA) is 59.5 Å². The van der Waals surface area contributed by atoms with E-state index in [1.807, 2.05) is 0 Å². The Balaban J connectivity index is 1.76. The molecule has 1 aromatic heterocycles. The molecule has 0 bridgehead atoms. The summed E-state index contributed by atoms with van der Waals surface area (Å²) in [6.07, 6.45) is 1.78. The predicted octanol–water partition coefficient (Wildman–Crippen LogP) is 4.48. The molecule has 146 valence electrons. The van der Waals surface area contributed by atoms with Crippen LogP contribution >= 0.6 is 11.3 Å². The summed E-state index contributed by atoms with van der Waals surface area (Å²) in [5.74, 6) is -2.04. The summed E-state index contributed by atoms with van der Waals surface area (Å²) < 4.78 is 32.6. The van der Waals surface area contributed by atoms with E-state index in [1.165, 1.54) is 4.90 Å². The molecule has 8 heteroatoms. The fourth-order valence-electron chi connectivity index (χ4n) is 3.12. The first kappa shape index (κ1) is 19.7. The van der Waals surface area contributed by atoms with Crippen molar-refractivity contribution in [3.05, 3.63) is 28.8 Å². The van der Waals surface area contributed by atoms with Crippen LogP contribution in [0, 0.1) is 11.6 Å². The number of ether oxygens (including phenoxy) is 1. The molecule has 5 nitrogen and oxygen atoms in total. The number of benzene rings is 1. The van der Waals surface area contributed by atoms with E-state index >= 15 is 0 Å². The van der Waals surface area contributed by atoms with Gasteiger partial charge in [0.05, 0.1) is 22.7 Å². The van der Waals surface area contributed by atoms with Crippen LogP contribution in [-0.4, -0.2) is 39.9 Å². The van der Waals surface area contributed by atoms with E-state index in [0.29, 0.717) is 28.2 Å². The number of Topliss-reactive ketones (excluding diaryl/α,β-unsaturated/α-hetero) is 1. The molecule has 1 atom stereocenters. The second-order valence-corrected chi connectivity index (χ2v) is 8.79. The van der Waals surface area contributed by atoms with Crippen LogP contribution in [0.2, 0.25) is 0 Å². The zero-order valence-electron chi connectivity index (χ0n) is 15.6. The molecule has 1 fully saturated rings. The zero-order valence-corrected chi connectivity index (χ0v) is 16.4. The number of aromatic nitrogens is 1. The van der Waals surface area contributed by atoms with Gasteiger partial charge in [-0.15, -0.1) is 11.3 Å². The SMILES string of the molecule is CC(C)(C)OC(=O)N1CCCC[C@H]1C(=O)Cc1nc2cc(F)c(F)cc2s1. The Morgan fingerprint density at radius 3 is 2.67 bits per heavy atom. The van der Waals surface area contributed by atoms with Crippen LogP contribution in [0.15, 0.2) is 12.1 Å². The number of amides is 1. The Morgan fingerprint density at radius 1 is 1.26 bits per heavy atom. The lowest BCUT2D eigenvalue weighted by Crippen LogP contribution is -2.50. The number of hydrogen-bond donors (Lipinski definition) is 0.